The monoisotopic (exact) mass is 299 g/mol. The second-order valence-electron chi connectivity index (χ2n) is 5.41. The summed E-state index contributed by atoms with van der Waals surface area (Å²) in [5.74, 6) is 1.37. The van der Waals surface area contributed by atoms with E-state index in [-0.39, 0.29) is 5.41 Å². The lowest BCUT2D eigenvalue weighted by molar-refractivity contribution is 0.0299. The van der Waals surface area contributed by atoms with E-state index < -0.39 is 0 Å². The van der Waals surface area contributed by atoms with Crippen molar-refractivity contribution in [2.75, 3.05) is 31.7 Å². The van der Waals surface area contributed by atoms with Crippen LogP contribution in [0.1, 0.15) is 32.5 Å². The van der Waals surface area contributed by atoms with Gasteiger partial charge in [0.2, 0.25) is 0 Å². The van der Waals surface area contributed by atoms with Gasteiger partial charge in [-0.25, -0.2) is 9.97 Å². The van der Waals surface area contributed by atoms with E-state index in [0.29, 0.717) is 24.2 Å². The molecule has 1 saturated heterocycles. The van der Waals surface area contributed by atoms with Crippen molar-refractivity contribution in [3.05, 3.63) is 17.0 Å². The fraction of sp³-hybridized carbons (Fsp3) is 0.714. The number of halogens is 1. The Morgan fingerprint density at radius 3 is 2.85 bits per heavy atom. The molecular formula is C14H22ClN3O2. The van der Waals surface area contributed by atoms with E-state index in [9.17, 15) is 0 Å². The number of nitrogens with one attached hydrogen (secondary N) is 1. The summed E-state index contributed by atoms with van der Waals surface area (Å²) in [5, 5.41) is 3.81. The summed E-state index contributed by atoms with van der Waals surface area (Å²) in [6, 6.07) is 1.75. The van der Waals surface area contributed by atoms with Crippen LogP contribution in [0.3, 0.4) is 0 Å². The molecule has 0 radical (unpaired) electrons. The first kappa shape index (κ1) is 15.5. The Hall–Kier alpha value is -0.910. The number of anilines is 1. The minimum atomic E-state index is 0.246. The van der Waals surface area contributed by atoms with E-state index in [0.717, 1.165) is 38.4 Å². The van der Waals surface area contributed by atoms with Crippen LogP contribution in [0.5, 0.6) is 0 Å². The van der Waals surface area contributed by atoms with Crippen LogP contribution in [0.25, 0.3) is 0 Å². The third-order valence-corrected chi connectivity index (χ3v) is 3.77. The maximum absolute atomic E-state index is 6.02. The Bertz CT molecular complexity index is 436. The van der Waals surface area contributed by atoms with Crippen molar-refractivity contribution >= 4 is 17.4 Å². The summed E-state index contributed by atoms with van der Waals surface area (Å²) >= 11 is 6.02. The summed E-state index contributed by atoms with van der Waals surface area (Å²) in [7, 11) is 0. The van der Waals surface area contributed by atoms with Crippen LogP contribution < -0.4 is 5.32 Å². The van der Waals surface area contributed by atoms with Crippen LogP contribution in [0.15, 0.2) is 6.07 Å². The third kappa shape index (κ3) is 4.58. The molecule has 1 aromatic rings. The van der Waals surface area contributed by atoms with Gasteiger partial charge in [-0.1, -0.05) is 18.5 Å². The topological polar surface area (TPSA) is 56.3 Å². The van der Waals surface area contributed by atoms with Crippen molar-refractivity contribution in [1.29, 1.82) is 0 Å². The Balaban J connectivity index is 1.96. The van der Waals surface area contributed by atoms with Gasteiger partial charge < -0.3 is 14.8 Å². The minimum absolute atomic E-state index is 0.246. The number of nitrogens with zero attached hydrogens (tertiary/aromatic N) is 2. The summed E-state index contributed by atoms with van der Waals surface area (Å²) in [6.07, 6.45) is 2.12. The Kier molecular flexibility index (Phi) is 5.57. The van der Waals surface area contributed by atoms with E-state index in [1.807, 2.05) is 6.92 Å². The molecule has 1 aromatic heterocycles. The van der Waals surface area contributed by atoms with Gasteiger partial charge in [0.05, 0.1) is 0 Å². The van der Waals surface area contributed by atoms with Crippen LogP contribution >= 0.6 is 11.6 Å². The first-order valence-electron chi connectivity index (χ1n) is 7.04. The zero-order chi connectivity index (χ0) is 14.4. The zero-order valence-electron chi connectivity index (χ0n) is 12.1. The van der Waals surface area contributed by atoms with E-state index in [4.69, 9.17) is 21.1 Å². The normalized spacial score (nSPS) is 17.9. The molecule has 2 rings (SSSR count). The number of hydrogen-bond donors (Lipinski definition) is 1. The van der Waals surface area contributed by atoms with Gasteiger partial charge in [0.15, 0.2) is 5.82 Å². The van der Waals surface area contributed by atoms with Gasteiger partial charge in [0, 0.05) is 32.4 Å². The quantitative estimate of drug-likeness (QED) is 0.819. The fourth-order valence-electron chi connectivity index (χ4n) is 2.16. The van der Waals surface area contributed by atoms with Gasteiger partial charge >= 0.3 is 0 Å². The van der Waals surface area contributed by atoms with Crippen LogP contribution in [0.2, 0.25) is 5.15 Å². The molecular weight excluding hydrogens is 278 g/mol. The van der Waals surface area contributed by atoms with E-state index >= 15 is 0 Å². The minimum Gasteiger partial charge on any atom is -0.381 e. The zero-order valence-corrected chi connectivity index (χ0v) is 12.9. The first-order chi connectivity index (χ1) is 9.61. The van der Waals surface area contributed by atoms with E-state index in [1.54, 1.807) is 6.07 Å². The van der Waals surface area contributed by atoms with Gasteiger partial charge in [0.25, 0.3) is 0 Å². The van der Waals surface area contributed by atoms with Crippen molar-refractivity contribution in [1.82, 2.24) is 9.97 Å². The summed E-state index contributed by atoms with van der Waals surface area (Å²) < 4.78 is 10.7. The molecule has 20 heavy (non-hydrogen) atoms. The molecule has 2 heterocycles. The number of ether oxygens (including phenoxy) is 2. The standard InChI is InChI=1S/C14H22ClN3O2/c1-3-19-9-13-17-11(15)8-12(18-13)16-10-14(2)4-6-20-7-5-14/h8H,3-7,9-10H2,1-2H3,(H,16,17,18). The first-order valence-corrected chi connectivity index (χ1v) is 7.42. The van der Waals surface area contributed by atoms with Gasteiger partial charge in [0.1, 0.15) is 17.6 Å². The SMILES string of the molecule is CCOCc1nc(Cl)cc(NCC2(C)CCOCC2)n1. The second-order valence-corrected chi connectivity index (χ2v) is 5.79. The van der Waals surface area contributed by atoms with E-state index in [1.165, 1.54) is 0 Å². The third-order valence-electron chi connectivity index (χ3n) is 3.57. The fourth-order valence-corrected chi connectivity index (χ4v) is 2.36. The molecule has 0 aliphatic carbocycles. The molecule has 0 bridgehead atoms. The molecule has 0 aromatic carbocycles. The van der Waals surface area contributed by atoms with Gasteiger partial charge in [-0.2, -0.15) is 0 Å². The highest BCUT2D eigenvalue weighted by molar-refractivity contribution is 6.29. The number of rotatable bonds is 6. The van der Waals surface area contributed by atoms with Gasteiger partial charge in [-0.15, -0.1) is 0 Å². The largest absolute Gasteiger partial charge is 0.381 e. The maximum Gasteiger partial charge on any atom is 0.158 e. The highest BCUT2D eigenvalue weighted by atomic mass is 35.5. The molecule has 1 N–H and O–H groups in total. The molecule has 0 unspecified atom stereocenters. The van der Waals surface area contributed by atoms with Gasteiger partial charge in [-0.3, -0.25) is 0 Å². The summed E-state index contributed by atoms with van der Waals surface area (Å²) in [6.45, 7) is 7.75. The second kappa shape index (κ2) is 7.20. The molecule has 0 amide bonds. The van der Waals surface area contributed by atoms with Crippen LogP contribution in [0.4, 0.5) is 5.82 Å². The molecule has 112 valence electrons. The molecule has 0 spiro atoms. The Morgan fingerprint density at radius 2 is 2.15 bits per heavy atom. The average Bonchev–Trinajstić information content (AvgIpc) is 2.43. The lowest BCUT2D eigenvalue weighted by Gasteiger charge is -2.33. The van der Waals surface area contributed by atoms with Crippen LogP contribution in [-0.2, 0) is 16.1 Å². The molecule has 1 fully saturated rings. The maximum atomic E-state index is 6.02. The number of hydrogen-bond acceptors (Lipinski definition) is 5. The number of aromatic nitrogens is 2. The highest BCUT2D eigenvalue weighted by Crippen LogP contribution is 2.29. The van der Waals surface area contributed by atoms with Crippen LogP contribution in [-0.4, -0.2) is 36.3 Å². The van der Waals surface area contributed by atoms with Crippen molar-refractivity contribution in [2.45, 2.75) is 33.3 Å². The smallest absolute Gasteiger partial charge is 0.158 e. The van der Waals surface area contributed by atoms with Gasteiger partial charge in [-0.05, 0) is 25.2 Å². The molecule has 1 aliphatic rings. The molecule has 0 atom stereocenters. The Labute approximate surface area is 125 Å². The van der Waals surface area contributed by atoms with Crippen molar-refractivity contribution < 1.29 is 9.47 Å². The predicted molar refractivity (Wildman–Crippen MR) is 79.0 cm³/mol. The van der Waals surface area contributed by atoms with Crippen LogP contribution in [0, 0.1) is 5.41 Å². The lowest BCUT2D eigenvalue weighted by Crippen LogP contribution is -2.33. The summed E-state index contributed by atoms with van der Waals surface area (Å²) in [5.41, 5.74) is 0.246. The Morgan fingerprint density at radius 1 is 1.40 bits per heavy atom. The molecule has 5 nitrogen and oxygen atoms in total. The van der Waals surface area contributed by atoms with E-state index in [2.05, 4.69) is 22.2 Å². The molecule has 0 saturated carbocycles. The van der Waals surface area contributed by atoms with Crippen molar-refractivity contribution in [3.8, 4) is 0 Å². The molecule has 6 heteroatoms. The molecule has 1 aliphatic heterocycles. The lowest BCUT2D eigenvalue weighted by atomic mass is 9.82. The predicted octanol–water partition coefficient (Wildman–Crippen LogP) is 2.90. The highest BCUT2D eigenvalue weighted by Gasteiger charge is 2.27. The summed E-state index contributed by atoms with van der Waals surface area (Å²) in [4.78, 5) is 8.58. The average molecular weight is 300 g/mol. The van der Waals surface area contributed by atoms with Crippen molar-refractivity contribution in [3.63, 3.8) is 0 Å². The van der Waals surface area contributed by atoms with Crippen molar-refractivity contribution in [2.24, 2.45) is 5.41 Å².